The Morgan fingerprint density at radius 2 is 2.17 bits per heavy atom. The first-order valence-corrected chi connectivity index (χ1v) is 6.04. The monoisotopic (exact) mass is 245 g/mol. The number of aryl methyl sites for hydroxylation is 1. The fourth-order valence-corrected chi connectivity index (χ4v) is 2.22. The summed E-state index contributed by atoms with van der Waals surface area (Å²) in [6.07, 6.45) is 0.793. The number of imidazole rings is 1. The third-order valence-electron chi connectivity index (χ3n) is 3.07. The summed E-state index contributed by atoms with van der Waals surface area (Å²) in [7, 11) is 3.70. The molecule has 4 heteroatoms. The Morgan fingerprint density at radius 3 is 2.83 bits per heavy atom. The minimum Gasteiger partial charge on any atom is -0.497 e. The molecule has 0 unspecified atom stereocenters. The van der Waals surface area contributed by atoms with Gasteiger partial charge in [0.1, 0.15) is 11.6 Å². The third kappa shape index (κ3) is 2.24. The van der Waals surface area contributed by atoms with E-state index in [1.807, 2.05) is 32.2 Å². The first-order chi connectivity index (χ1) is 8.67. The van der Waals surface area contributed by atoms with Crippen molar-refractivity contribution in [2.45, 2.75) is 13.3 Å². The van der Waals surface area contributed by atoms with Gasteiger partial charge in [0.25, 0.3) is 0 Å². The predicted molar refractivity (Wildman–Crippen MR) is 72.7 cm³/mol. The van der Waals surface area contributed by atoms with Crippen molar-refractivity contribution in [1.29, 1.82) is 0 Å². The number of ether oxygens (including phenoxy) is 1. The van der Waals surface area contributed by atoms with Crippen LogP contribution in [-0.2, 0) is 13.5 Å². The lowest BCUT2D eigenvalue weighted by Crippen LogP contribution is -2.08. The van der Waals surface area contributed by atoms with Gasteiger partial charge in [0, 0.05) is 19.0 Å². The van der Waals surface area contributed by atoms with E-state index < -0.39 is 0 Å². The lowest BCUT2D eigenvalue weighted by Gasteiger charge is -2.08. The summed E-state index contributed by atoms with van der Waals surface area (Å²) in [5.74, 6) is 1.88. The van der Waals surface area contributed by atoms with E-state index in [0.717, 1.165) is 34.9 Å². The molecule has 0 aliphatic heterocycles. The molecule has 2 N–H and O–H groups in total. The summed E-state index contributed by atoms with van der Waals surface area (Å²) in [6.45, 7) is 2.64. The normalized spacial score (nSPS) is 10.7. The van der Waals surface area contributed by atoms with Crippen LogP contribution in [-0.4, -0.2) is 23.2 Å². The Morgan fingerprint density at radius 1 is 1.39 bits per heavy atom. The van der Waals surface area contributed by atoms with Gasteiger partial charge in [-0.3, -0.25) is 0 Å². The molecule has 0 amide bonds. The predicted octanol–water partition coefficient (Wildman–Crippen LogP) is 1.91. The van der Waals surface area contributed by atoms with E-state index in [1.54, 1.807) is 7.11 Å². The van der Waals surface area contributed by atoms with Gasteiger partial charge in [0.05, 0.1) is 18.5 Å². The standard InChI is InChI=1S/C14H19N3O/c1-10-14(17(2)13(16-10)7-8-15)11-5-4-6-12(9-11)18-3/h4-6,9H,7-8,15H2,1-3H3. The van der Waals surface area contributed by atoms with Crippen LogP contribution in [0.4, 0.5) is 0 Å². The molecule has 2 rings (SSSR count). The van der Waals surface area contributed by atoms with Gasteiger partial charge in [-0.05, 0) is 25.6 Å². The number of hydrogen-bond acceptors (Lipinski definition) is 3. The molecule has 0 saturated heterocycles. The van der Waals surface area contributed by atoms with Crippen molar-refractivity contribution in [1.82, 2.24) is 9.55 Å². The summed E-state index contributed by atoms with van der Waals surface area (Å²) in [6, 6.07) is 8.02. The molecule has 1 aromatic carbocycles. The highest BCUT2D eigenvalue weighted by Crippen LogP contribution is 2.27. The summed E-state index contributed by atoms with van der Waals surface area (Å²) < 4.78 is 7.37. The molecule has 0 fully saturated rings. The lowest BCUT2D eigenvalue weighted by molar-refractivity contribution is 0.415. The Kier molecular flexibility index (Phi) is 3.67. The van der Waals surface area contributed by atoms with E-state index in [0.29, 0.717) is 6.54 Å². The molecule has 0 bridgehead atoms. The zero-order valence-electron chi connectivity index (χ0n) is 11.1. The Labute approximate surface area is 107 Å². The number of methoxy groups -OCH3 is 1. The smallest absolute Gasteiger partial charge is 0.119 e. The summed E-state index contributed by atoms with van der Waals surface area (Å²) in [5.41, 5.74) is 8.86. The fourth-order valence-electron chi connectivity index (χ4n) is 2.22. The van der Waals surface area contributed by atoms with Gasteiger partial charge in [0.2, 0.25) is 0 Å². The zero-order valence-corrected chi connectivity index (χ0v) is 11.1. The van der Waals surface area contributed by atoms with Gasteiger partial charge in [-0.25, -0.2) is 4.98 Å². The molecule has 0 radical (unpaired) electrons. The van der Waals surface area contributed by atoms with Crippen molar-refractivity contribution in [2.75, 3.05) is 13.7 Å². The van der Waals surface area contributed by atoms with Crippen LogP contribution in [0.15, 0.2) is 24.3 Å². The van der Waals surface area contributed by atoms with Crippen molar-refractivity contribution in [2.24, 2.45) is 12.8 Å². The number of nitrogens with zero attached hydrogens (tertiary/aromatic N) is 2. The maximum atomic E-state index is 5.60. The van der Waals surface area contributed by atoms with E-state index >= 15 is 0 Å². The average Bonchev–Trinajstić information content (AvgIpc) is 2.65. The average molecular weight is 245 g/mol. The van der Waals surface area contributed by atoms with Crippen LogP contribution in [0.2, 0.25) is 0 Å². The molecule has 1 heterocycles. The number of benzene rings is 1. The van der Waals surface area contributed by atoms with E-state index in [-0.39, 0.29) is 0 Å². The van der Waals surface area contributed by atoms with E-state index in [1.165, 1.54) is 0 Å². The minimum absolute atomic E-state index is 0.613. The second-order valence-electron chi connectivity index (χ2n) is 4.29. The van der Waals surface area contributed by atoms with Gasteiger partial charge in [-0.1, -0.05) is 12.1 Å². The maximum Gasteiger partial charge on any atom is 0.119 e. The lowest BCUT2D eigenvalue weighted by atomic mass is 10.1. The topological polar surface area (TPSA) is 53.1 Å². The van der Waals surface area contributed by atoms with E-state index in [9.17, 15) is 0 Å². The summed E-state index contributed by atoms with van der Waals surface area (Å²) in [4.78, 5) is 4.57. The van der Waals surface area contributed by atoms with Crippen molar-refractivity contribution in [3.8, 4) is 17.0 Å². The highest BCUT2D eigenvalue weighted by atomic mass is 16.5. The van der Waals surface area contributed by atoms with Crippen molar-refractivity contribution >= 4 is 0 Å². The largest absolute Gasteiger partial charge is 0.497 e. The van der Waals surface area contributed by atoms with E-state index in [2.05, 4.69) is 15.6 Å². The summed E-state index contributed by atoms with van der Waals surface area (Å²) in [5, 5.41) is 0. The quantitative estimate of drug-likeness (QED) is 0.895. The molecule has 0 aliphatic carbocycles. The molecule has 0 saturated carbocycles. The van der Waals surface area contributed by atoms with E-state index in [4.69, 9.17) is 10.5 Å². The van der Waals surface area contributed by atoms with Crippen LogP contribution in [0.25, 0.3) is 11.3 Å². The van der Waals surface area contributed by atoms with Gasteiger partial charge in [-0.15, -0.1) is 0 Å². The Balaban J connectivity index is 2.49. The van der Waals surface area contributed by atoms with Crippen LogP contribution in [0, 0.1) is 6.92 Å². The fraction of sp³-hybridized carbons (Fsp3) is 0.357. The minimum atomic E-state index is 0.613. The first-order valence-electron chi connectivity index (χ1n) is 6.04. The van der Waals surface area contributed by atoms with Crippen LogP contribution >= 0.6 is 0 Å². The number of nitrogens with two attached hydrogens (primary N) is 1. The number of hydrogen-bond donors (Lipinski definition) is 1. The number of aromatic nitrogens is 2. The van der Waals surface area contributed by atoms with Crippen LogP contribution < -0.4 is 10.5 Å². The van der Waals surface area contributed by atoms with Gasteiger partial charge < -0.3 is 15.0 Å². The van der Waals surface area contributed by atoms with Crippen LogP contribution in [0.3, 0.4) is 0 Å². The molecule has 0 aliphatic rings. The summed E-state index contributed by atoms with van der Waals surface area (Å²) >= 11 is 0. The molecule has 2 aromatic rings. The second kappa shape index (κ2) is 5.23. The first kappa shape index (κ1) is 12.6. The number of rotatable bonds is 4. The molecule has 1 aromatic heterocycles. The van der Waals surface area contributed by atoms with Crippen LogP contribution in [0.5, 0.6) is 5.75 Å². The van der Waals surface area contributed by atoms with Crippen LogP contribution in [0.1, 0.15) is 11.5 Å². The Hall–Kier alpha value is -1.81. The molecular formula is C14H19N3O. The molecule has 96 valence electrons. The molecule has 0 spiro atoms. The van der Waals surface area contributed by atoms with Gasteiger partial charge in [-0.2, -0.15) is 0 Å². The SMILES string of the molecule is COc1cccc(-c2c(C)nc(CCN)n2C)c1. The highest BCUT2D eigenvalue weighted by Gasteiger charge is 2.13. The molecule has 18 heavy (non-hydrogen) atoms. The van der Waals surface area contributed by atoms with Gasteiger partial charge in [0.15, 0.2) is 0 Å². The second-order valence-corrected chi connectivity index (χ2v) is 4.29. The molecular weight excluding hydrogens is 226 g/mol. The van der Waals surface area contributed by atoms with Crippen molar-refractivity contribution < 1.29 is 4.74 Å². The zero-order chi connectivity index (χ0) is 13.1. The Bertz CT molecular complexity index is 546. The molecule has 4 nitrogen and oxygen atoms in total. The van der Waals surface area contributed by atoms with Crippen molar-refractivity contribution in [3.63, 3.8) is 0 Å². The van der Waals surface area contributed by atoms with Gasteiger partial charge >= 0.3 is 0 Å². The molecule has 0 atom stereocenters. The van der Waals surface area contributed by atoms with Crippen molar-refractivity contribution in [3.05, 3.63) is 35.8 Å². The highest BCUT2D eigenvalue weighted by molar-refractivity contribution is 5.64. The maximum absolute atomic E-state index is 5.60. The third-order valence-corrected chi connectivity index (χ3v) is 3.07.